The number of fused-ring (bicyclic) bond motifs is 1. The van der Waals surface area contributed by atoms with Crippen molar-refractivity contribution in [1.29, 1.82) is 0 Å². The zero-order chi connectivity index (χ0) is 17.1. The predicted octanol–water partition coefficient (Wildman–Crippen LogP) is 6.24. The highest BCUT2D eigenvalue weighted by atomic mass is 35.5. The number of rotatable bonds is 4. The van der Waals surface area contributed by atoms with Gasteiger partial charge in [0.25, 0.3) is 0 Å². The van der Waals surface area contributed by atoms with Crippen LogP contribution in [0.4, 0.5) is 11.5 Å². The molecule has 0 spiro atoms. The fraction of sp³-hybridized carbons (Fsp3) is 0. The molecule has 6 heteroatoms. The first-order chi connectivity index (χ1) is 12.3. The molecule has 4 rings (SSSR count). The van der Waals surface area contributed by atoms with E-state index in [4.69, 9.17) is 16.3 Å². The second-order valence-electron chi connectivity index (χ2n) is 5.44. The van der Waals surface area contributed by atoms with Crippen LogP contribution < -0.4 is 10.1 Å². The van der Waals surface area contributed by atoms with E-state index in [1.807, 2.05) is 60.7 Å². The third kappa shape index (κ3) is 4.04. The van der Waals surface area contributed by atoms with Gasteiger partial charge in [0.2, 0.25) is 0 Å². The summed E-state index contributed by atoms with van der Waals surface area (Å²) in [5, 5.41) is 4.98. The van der Waals surface area contributed by atoms with Gasteiger partial charge < -0.3 is 10.1 Å². The third-order valence-corrected chi connectivity index (χ3v) is 3.96. The number of hydrogen-bond donors (Lipinski definition) is 1. The lowest BCUT2D eigenvalue weighted by Gasteiger charge is -2.10. The van der Waals surface area contributed by atoms with Crippen molar-refractivity contribution >= 4 is 46.4 Å². The minimum Gasteiger partial charge on any atom is -0.457 e. The number of nitrogens with zero attached hydrogens (tertiary/aromatic N) is 2. The first-order valence-electron chi connectivity index (χ1n) is 7.78. The molecule has 4 aromatic rings. The van der Waals surface area contributed by atoms with Crippen molar-refractivity contribution in [3.63, 3.8) is 0 Å². The maximum atomic E-state index is 5.88. The van der Waals surface area contributed by atoms with Crippen LogP contribution in [0, 0.1) is 0 Å². The van der Waals surface area contributed by atoms with Crippen molar-refractivity contribution in [2.24, 2.45) is 0 Å². The summed E-state index contributed by atoms with van der Waals surface area (Å²) in [6.07, 6.45) is 1.56. The van der Waals surface area contributed by atoms with Crippen LogP contribution in [0.2, 0.25) is 5.02 Å². The maximum absolute atomic E-state index is 5.88. The Morgan fingerprint density at radius 1 is 0.769 bits per heavy atom. The summed E-state index contributed by atoms with van der Waals surface area (Å²) in [5.74, 6) is 2.27. The molecule has 26 heavy (non-hydrogen) atoms. The van der Waals surface area contributed by atoms with Crippen LogP contribution in [0.15, 0.2) is 79.1 Å². The Morgan fingerprint density at radius 3 is 2.15 bits per heavy atom. The van der Waals surface area contributed by atoms with Crippen molar-refractivity contribution in [2.45, 2.75) is 0 Å². The molecule has 0 saturated carbocycles. The van der Waals surface area contributed by atoms with E-state index in [2.05, 4.69) is 15.3 Å². The zero-order valence-electron chi connectivity index (χ0n) is 13.6. The molecule has 1 heterocycles. The standard InChI is InChI=1S/C20H14ClN3O.ClH/c21-14-5-9-16(10-6-14)25-17-11-7-15(8-12-17)24-20-18-3-1-2-4-19(18)22-13-23-20;/h1-13H,(H,22,23,24);1H. The molecule has 0 fully saturated rings. The normalized spacial score (nSPS) is 10.2. The molecular weight excluding hydrogens is 369 g/mol. The van der Waals surface area contributed by atoms with Gasteiger partial charge in [0.15, 0.2) is 0 Å². The number of anilines is 2. The number of hydrogen-bond acceptors (Lipinski definition) is 4. The number of halogens is 2. The van der Waals surface area contributed by atoms with Gasteiger partial charge >= 0.3 is 0 Å². The molecule has 3 aromatic carbocycles. The van der Waals surface area contributed by atoms with Gasteiger partial charge in [0, 0.05) is 16.1 Å². The summed E-state index contributed by atoms with van der Waals surface area (Å²) in [7, 11) is 0. The van der Waals surface area contributed by atoms with Crippen LogP contribution >= 0.6 is 24.0 Å². The Balaban J connectivity index is 0.00000196. The van der Waals surface area contributed by atoms with E-state index in [-0.39, 0.29) is 12.4 Å². The highest BCUT2D eigenvalue weighted by molar-refractivity contribution is 6.30. The lowest BCUT2D eigenvalue weighted by molar-refractivity contribution is 0.483. The molecule has 1 aromatic heterocycles. The second-order valence-corrected chi connectivity index (χ2v) is 5.88. The van der Waals surface area contributed by atoms with Crippen LogP contribution in [0.5, 0.6) is 11.5 Å². The van der Waals surface area contributed by atoms with E-state index in [1.165, 1.54) is 0 Å². The average molecular weight is 384 g/mol. The lowest BCUT2D eigenvalue weighted by atomic mass is 10.2. The minimum atomic E-state index is 0. The smallest absolute Gasteiger partial charge is 0.141 e. The number of para-hydroxylation sites is 1. The first kappa shape index (κ1) is 18.0. The molecule has 0 saturated heterocycles. The Bertz CT molecular complexity index is 1000. The summed E-state index contributed by atoms with van der Waals surface area (Å²) in [4.78, 5) is 8.60. The van der Waals surface area contributed by atoms with E-state index in [0.29, 0.717) is 5.02 Å². The Morgan fingerprint density at radius 2 is 1.42 bits per heavy atom. The highest BCUT2D eigenvalue weighted by Gasteiger charge is 2.04. The average Bonchev–Trinajstić information content (AvgIpc) is 2.65. The number of ether oxygens (including phenoxy) is 1. The molecule has 0 bridgehead atoms. The molecule has 0 atom stereocenters. The van der Waals surface area contributed by atoms with Gasteiger partial charge in [-0.25, -0.2) is 9.97 Å². The number of aromatic nitrogens is 2. The van der Waals surface area contributed by atoms with Crippen LogP contribution in [0.25, 0.3) is 10.9 Å². The van der Waals surface area contributed by atoms with Gasteiger partial charge in [-0.2, -0.15) is 0 Å². The van der Waals surface area contributed by atoms with Crippen molar-refractivity contribution in [2.75, 3.05) is 5.32 Å². The van der Waals surface area contributed by atoms with E-state index in [9.17, 15) is 0 Å². The van der Waals surface area contributed by atoms with E-state index < -0.39 is 0 Å². The number of nitrogens with one attached hydrogen (secondary N) is 1. The summed E-state index contributed by atoms with van der Waals surface area (Å²) in [6.45, 7) is 0. The number of benzene rings is 3. The summed E-state index contributed by atoms with van der Waals surface area (Å²) in [5.41, 5.74) is 1.83. The predicted molar refractivity (Wildman–Crippen MR) is 108 cm³/mol. The zero-order valence-corrected chi connectivity index (χ0v) is 15.2. The van der Waals surface area contributed by atoms with Gasteiger partial charge in [-0.15, -0.1) is 12.4 Å². The van der Waals surface area contributed by atoms with Crippen LogP contribution in [0.3, 0.4) is 0 Å². The summed E-state index contributed by atoms with van der Waals surface area (Å²) < 4.78 is 5.80. The molecular formula is C20H15Cl2N3O. The molecule has 0 radical (unpaired) electrons. The van der Waals surface area contributed by atoms with Crippen LogP contribution in [-0.2, 0) is 0 Å². The fourth-order valence-corrected chi connectivity index (χ4v) is 2.61. The Labute approximate surface area is 162 Å². The lowest BCUT2D eigenvalue weighted by Crippen LogP contribution is -1.95. The van der Waals surface area contributed by atoms with Gasteiger partial charge in [-0.1, -0.05) is 23.7 Å². The largest absolute Gasteiger partial charge is 0.457 e. The topological polar surface area (TPSA) is 47.0 Å². The molecule has 1 N–H and O–H groups in total. The second kappa shape index (κ2) is 8.04. The minimum absolute atomic E-state index is 0. The Kier molecular flexibility index (Phi) is 5.56. The van der Waals surface area contributed by atoms with Gasteiger partial charge in [-0.3, -0.25) is 0 Å². The van der Waals surface area contributed by atoms with Gasteiger partial charge in [-0.05, 0) is 60.7 Å². The quantitative estimate of drug-likeness (QED) is 0.452. The van der Waals surface area contributed by atoms with Crippen molar-refractivity contribution in [3.8, 4) is 11.5 Å². The van der Waals surface area contributed by atoms with Crippen molar-refractivity contribution in [1.82, 2.24) is 9.97 Å². The van der Waals surface area contributed by atoms with E-state index in [0.717, 1.165) is 33.9 Å². The van der Waals surface area contributed by atoms with Crippen LogP contribution in [0.1, 0.15) is 0 Å². The molecule has 130 valence electrons. The van der Waals surface area contributed by atoms with Crippen LogP contribution in [-0.4, -0.2) is 9.97 Å². The molecule has 4 nitrogen and oxygen atoms in total. The molecule has 0 aliphatic rings. The van der Waals surface area contributed by atoms with E-state index in [1.54, 1.807) is 18.5 Å². The van der Waals surface area contributed by atoms with Gasteiger partial charge in [0.1, 0.15) is 23.6 Å². The molecule has 0 amide bonds. The monoisotopic (exact) mass is 383 g/mol. The molecule has 0 unspecified atom stereocenters. The SMILES string of the molecule is Cl.Clc1ccc(Oc2ccc(Nc3ncnc4ccccc34)cc2)cc1. The first-order valence-corrected chi connectivity index (χ1v) is 8.16. The van der Waals surface area contributed by atoms with Crippen molar-refractivity contribution in [3.05, 3.63) is 84.1 Å². The Hall–Kier alpha value is -2.82. The summed E-state index contributed by atoms with van der Waals surface area (Å²) >= 11 is 5.88. The van der Waals surface area contributed by atoms with Crippen molar-refractivity contribution < 1.29 is 4.74 Å². The maximum Gasteiger partial charge on any atom is 0.141 e. The fourth-order valence-electron chi connectivity index (χ4n) is 2.49. The van der Waals surface area contributed by atoms with Gasteiger partial charge in [0.05, 0.1) is 5.52 Å². The van der Waals surface area contributed by atoms with E-state index >= 15 is 0 Å². The highest BCUT2D eigenvalue weighted by Crippen LogP contribution is 2.27. The molecule has 0 aliphatic carbocycles. The summed E-state index contributed by atoms with van der Waals surface area (Å²) in [6, 6.07) is 22.9. The third-order valence-electron chi connectivity index (χ3n) is 3.71. The molecule has 0 aliphatic heterocycles.